The minimum Gasteiger partial charge on any atom is -0.456 e. The van der Waals surface area contributed by atoms with Crippen LogP contribution in [0.3, 0.4) is 0 Å². The smallest absolute Gasteiger partial charge is 0.135 e. The third kappa shape index (κ3) is 5.46. The molecule has 1 aromatic rings. The van der Waals surface area contributed by atoms with Gasteiger partial charge in [-0.25, -0.2) is 0 Å². The summed E-state index contributed by atoms with van der Waals surface area (Å²) in [4.78, 5) is 6.57. The number of allylic oxidation sites excluding steroid dienone is 3. The number of ether oxygens (including phenoxy) is 1. The Morgan fingerprint density at radius 2 is 2.03 bits per heavy atom. The van der Waals surface area contributed by atoms with E-state index in [4.69, 9.17) is 4.74 Å². The zero-order valence-electron chi connectivity index (χ0n) is 18.5. The molecule has 0 aromatic heterocycles. The molecule has 1 unspecified atom stereocenters. The maximum absolute atomic E-state index is 9.80. The van der Waals surface area contributed by atoms with Crippen LogP contribution in [0.15, 0.2) is 65.2 Å². The summed E-state index contributed by atoms with van der Waals surface area (Å²) in [5.74, 6) is 8.38. The van der Waals surface area contributed by atoms with E-state index < -0.39 is 6.10 Å². The molecular formula is C27H30N2O2. The summed E-state index contributed by atoms with van der Waals surface area (Å²) < 4.78 is 5.72. The second kappa shape index (κ2) is 9.54. The van der Waals surface area contributed by atoms with E-state index in [1.807, 2.05) is 0 Å². The Bertz CT molecular complexity index is 1020. The lowest BCUT2D eigenvalue weighted by Gasteiger charge is -2.36. The highest BCUT2D eigenvalue weighted by Gasteiger charge is 2.28. The van der Waals surface area contributed by atoms with Crippen molar-refractivity contribution in [2.24, 2.45) is 16.8 Å². The van der Waals surface area contributed by atoms with E-state index in [-0.39, 0.29) is 0 Å². The molecule has 1 saturated carbocycles. The second-order valence-corrected chi connectivity index (χ2v) is 8.85. The van der Waals surface area contributed by atoms with Crippen LogP contribution in [0, 0.1) is 23.7 Å². The highest BCUT2D eigenvalue weighted by atomic mass is 16.5. The summed E-state index contributed by atoms with van der Waals surface area (Å²) >= 11 is 0. The van der Waals surface area contributed by atoms with Crippen molar-refractivity contribution in [3.05, 3.63) is 71.3 Å². The summed E-state index contributed by atoms with van der Waals surface area (Å²) in [7, 11) is 4.27. The molecule has 4 rings (SSSR count). The molecule has 2 aliphatic heterocycles. The first kappa shape index (κ1) is 21.4. The van der Waals surface area contributed by atoms with Crippen molar-refractivity contribution in [1.82, 2.24) is 4.90 Å². The van der Waals surface area contributed by atoms with Crippen molar-refractivity contribution >= 4 is 11.5 Å². The fraction of sp³-hybridized carbons (Fsp3) is 0.407. The van der Waals surface area contributed by atoms with E-state index in [0.717, 1.165) is 41.0 Å². The van der Waals surface area contributed by atoms with E-state index >= 15 is 0 Å². The summed E-state index contributed by atoms with van der Waals surface area (Å²) in [6.45, 7) is 1.77. The van der Waals surface area contributed by atoms with E-state index in [2.05, 4.69) is 78.0 Å². The van der Waals surface area contributed by atoms with Crippen molar-refractivity contribution in [2.45, 2.75) is 44.8 Å². The van der Waals surface area contributed by atoms with Crippen molar-refractivity contribution in [2.75, 3.05) is 14.1 Å². The lowest BCUT2D eigenvalue weighted by molar-refractivity contribution is 0.156. The minimum absolute atomic E-state index is 0.310. The molecule has 4 heteroatoms. The number of aliphatic hydroxyl groups is 1. The average Bonchev–Trinajstić information content (AvgIpc) is 2.73. The number of aliphatic hydroxyl groups excluding tert-OH is 1. The lowest BCUT2D eigenvalue weighted by atomic mass is 9.80. The first-order valence-corrected chi connectivity index (χ1v) is 11.0. The van der Waals surface area contributed by atoms with Crippen LogP contribution in [0.5, 0.6) is 0 Å². The van der Waals surface area contributed by atoms with Crippen molar-refractivity contribution in [3.8, 4) is 11.8 Å². The molecular weight excluding hydrogens is 384 g/mol. The maximum atomic E-state index is 9.80. The van der Waals surface area contributed by atoms with Gasteiger partial charge in [0.25, 0.3) is 0 Å². The molecule has 0 bridgehead atoms. The summed E-state index contributed by atoms with van der Waals surface area (Å²) in [6, 6.07) is 8.93. The highest BCUT2D eigenvalue weighted by Crippen LogP contribution is 2.30. The molecule has 0 spiro atoms. The zero-order chi connectivity index (χ0) is 21.8. The summed E-state index contributed by atoms with van der Waals surface area (Å²) in [5, 5.41) is 9.80. The first-order valence-electron chi connectivity index (χ1n) is 11.0. The number of rotatable bonds is 5. The van der Waals surface area contributed by atoms with Gasteiger partial charge in [-0.3, -0.25) is 4.99 Å². The Hall–Kier alpha value is -2.83. The second-order valence-electron chi connectivity index (χ2n) is 8.85. The van der Waals surface area contributed by atoms with Crippen LogP contribution in [0.4, 0.5) is 0 Å². The Morgan fingerprint density at radius 3 is 2.74 bits per heavy atom. The summed E-state index contributed by atoms with van der Waals surface area (Å²) in [6.07, 6.45) is 11.0. The molecule has 0 radical (unpaired) electrons. The van der Waals surface area contributed by atoms with Gasteiger partial charge in [-0.2, -0.15) is 0 Å². The average molecular weight is 415 g/mol. The van der Waals surface area contributed by atoms with Crippen LogP contribution >= 0.6 is 0 Å². The minimum atomic E-state index is -0.502. The predicted octanol–water partition coefficient (Wildman–Crippen LogP) is 4.53. The molecule has 1 aliphatic carbocycles. The van der Waals surface area contributed by atoms with Crippen LogP contribution in [-0.4, -0.2) is 42.0 Å². The predicted molar refractivity (Wildman–Crippen MR) is 125 cm³/mol. The number of nitrogens with zero attached hydrogens (tertiary/aromatic N) is 2. The van der Waals surface area contributed by atoms with Gasteiger partial charge in [0.15, 0.2) is 0 Å². The molecule has 3 aliphatic rings. The van der Waals surface area contributed by atoms with Gasteiger partial charge in [-0.1, -0.05) is 35.8 Å². The number of hydrogen-bond acceptors (Lipinski definition) is 4. The molecule has 1 aromatic carbocycles. The van der Waals surface area contributed by atoms with Crippen LogP contribution in [0.2, 0.25) is 0 Å². The van der Waals surface area contributed by atoms with Gasteiger partial charge >= 0.3 is 0 Å². The quantitative estimate of drug-likeness (QED) is 0.569. The number of benzene rings is 1. The monoisotopic (exact) mass is 414 g/mol. The Morgan fingerprint density at radius 1 is 1.26 bits per heavy atom. The third-order valence-corrected chi connectivity index (χ3v) is 6.20. The summed E-state index contributed by atoms with van der Waals surface area (Å²) in [5.41, 5.74) is 7.21. The topological polar surface area (TPSA) is 45.1 Å². The molecule has 4 nitrogen and oxygen atoms in total. The molecule has 0 amide bonds. The van der Waals surface area contributed by atoms with Crippen LogP contribution < -0.4 is 0 Å². The van der Waals surface area contributed by atoms with Gasteiger partial charge in [0, 0.05) is 40.6 Å². The van der Waals surface area contributed by atoms with Crippen LogP contribution in [0.25, 0.3) is 5.76 Å². The molecule has 160 valence electrons. The van der Waals surface area contributed by atoms with E-state index in [0.29, 0.717) is 17.9 Å². The van der Waals surface area contributed by atoms with Crippen molar-refractivity contribution < 1.29 is 9.84 Å². The van der Waals surface area contributed by atoms with Crippen molar-refractivity contribution in [3.63, 3.8) is 0 Å². The SMILES string of the molecule is C[C@H](O)C1=NC=CC(CC2=C=COC(c3ccc(C#CC4CC(N(C)C)C4)cc3)=C2)C1. The first-order chi connectivity index (χ1) is 15.0. The van der Waals surface area contributed by atoms with Gasteiger partial charge in [0.2, 0.25) is 0 Å². The maximum Gasteiger partial charge on any atom is 0.135 e. The molecule has 0 saturated heterocycles. The van der Waals surface area contributed by atoms with Gasteiger partial charge in [0.05, 0.1) is 6.10 Å². The Balaban J connectivity index is 1.36. The molecule has 2 atom stereocenters. The van der Waals surface area contributed by atoms with E-state index in [1.54, 1.807) is 19.4 Å². The van der Waals surface area contributed by atoms with Gasteiger partial charge < -0.3 is 14.7 Å². The van der Waals surface area contributed by atoms with Crippen molar-refractivity contribution in [1.29, 1.82) is 0 Å². The van der Waals surface area contributed by atoms with Gasteiger partial charge in [0.1, 0.15) is 12.0 Å². The third-order valence-electron chi connectivity index (χ3n) is 6.20. The normalized spacial score (nSPS) is 25.5. The van der Waals surface area contributed by atoms with Crippen LogP contribution in [-0.2, 0) is 4.74 Å². The van der Waals surface area contributed by atoms with Crippen LogP contribution in [0.1, 0.15) is 43.7 Å². The Kier molecular flexibility index (Phi) is 6.59. The molecule has 2 heterocycles. The van der Waals surface area contributed by atoms with Gasteiger partial charge in [-0.15, -0.1) is 0 Å². The lowest BCUT2D eigenvalue weighted by Crippen LogP contribution is -2.39. The fourth-order valence-corrected chi connectivity index (χ4v) is 4.05. The Labute approximate surface area is 185 Å². The fourth-order valence-electron chi connectivity index (χ4n) is 4.05. The number of hydrogen-bond donors (Lipinski definition) is 1. The van der Waals surface area contributed by atoms with E-state index in [1.165, 1.54) is 12.8 Å². The van der Waals surface area contributed by atoms with Gasteiger partial charge in [-0.05, 0) is 70.8 Å². The molecule has 1 N–H and O–H groups in total. The van der Waals surface area contributed by atoms with E-state index in [9.17, 15) is 5.11 Å². The number of aliphatic imine (C=N–C) groups is 1. The standard InChI is InChI=1S/C27H30N2O2/c1-19(30)26-17-22(10-12-28-26)14-23-11-13-31-27(18-23)24-8-6-20(7-9-24)4-5-21-15-25(16-21)29(2)3/h6-10,12-13,18-19,21-22,25,30H,14-17H2,1-3H3/t19-,21?,22?,25?/m0/s1. The highest BCUT2D eigenvalue weighted by molar-refractivity contribution is 5.89. The zero-order valence-corrected chi connectivity index (χ0v) is 18.5. The largest absolute Gasteiger partial charge is 0.456 e. The molecule has 31 heavy (non-hydrogen) atoms. The molecule has 1 fully saturated rings.